The Hall–Kier alpha value is -0.830. The van der Waals surface area contributed by atoms with Gasteiger partial charge in [-0.1, -0.05) is 32.4 Å². The summed E-state index contributed by atoms with van der Waals surface area (Å²) >= 11 is 6.06. The predicted molar refractivity (Wildman–Crippen MR) is 71.6 cm³/mol. The van der Waals surface area contributed by atoms with Crippen LogP contribution in [0.3, 0.4) is 0 Å². The van der Waals surface area contributed by atoms with E-state index in [0.29, 0.717) is 10.6 Å². The highest BCUT2D eigenvalue weighted by atomic mass is 35.5. The van der Waals surface area contributed by atoms with E-state index in [1.165, 1.54) is 6.42 Å². The molecule has 2 heterocycles. The second kappa shape index (κ2) is 4.81. The summed E-state index contributed by atoms with van der Waals surface area (Å²) in [6.45, 7) is 8.83. The molecule has 1 aromatic heterocycles. The SMILES string of the molecule is CCCc1nc(Cl)cc(N2CCC(C)(C)C2)n1. The van der Waals surface area contributed by atoms with Gasteiger partial charge in [0.05, 0.1) is 0 Å². The van der Waals surface area contributed by atoms with Gasteiger partial charge < -0.3 is 4.90 Å². The summed E-state index contributed by atoms with van der Waals surface area (Å²) in [7, 11) is 0. The number of rotatable bonds is 3. The number of aromatic nitrogens is 2. The maximum Gasteiger partial charge on any atom is 0.134 e. The monoisotopic (exact) mass is 253 g/mol. The molecule has 0 bridgehead atoms. The third-order valence-electron chi connectivity index (χ3n) is 3.20. The first-order chi connectivity index (χ1) is 8.00. The van der Waals surface area contributed by atoms with Crippen molar-refractivity contribution < 1.29 is 0 Å². The van der Waals surface area contributed by atoms with Gasteiger partial charge in [-0.3, -0.25) is 0 Å². The summed E-state index contributed by atoms with van der Waals surface area (Å²) in [5.74, 6) is 1.85. The van der Waals surface area contributed by atoms with Gasteiger partial charge in [-0.25, -0.2) is 9.97 Å². The third-order valence-corrected chi connectivity index (χ3v) is 3.40. The van der Waals surface area contributed by atoms with Crippen LogP contribution in [0.25, 0.3) is 0 Å². The zero-order chi connectivity index (χ0) is 12.5. The average molecular weight is 254 g/mol. The lowest BCUT2D eigenvalue weighted by molar-refractivity contribution is 0.418. The zero-order valence-corrected chi connectivity index (χ0v) is 11.6. The van der Waals surface area contributed by atoms with E-state index in [0.717, 1.165) is 37.6 Å². The van der Waals surface area contributed by atoms with Gasteiger partial charge in [0.2, 0.25) is 0 Å². The molecular formula is C13H20ClN3. The number of halogens is 1. The highest BCUT2D eigenvalue weighted by Gasteiger charge is 2.30. The first kappa shape index (κ1) is 12.6. The molecule has 0 atom stereocenters. The Balaban J connectivity index is 2.21. The minimum Gasteiger partial charge on any atom is -0.356 e. The van der Waals surface area contributed by atoms with Gasteiger partial charge in [0.25, 0.3) is 0 Å². The smallest absolute Gasteiger partial charge is 0.134 e. The van der Waals surface area contributed by atoms with E-state index in [-0.39, 0.29) is 0 Å². The minimum atomic E-state index is 0.377. The molecule has 2 rings (SSSR count). The molecule has 0 unspecified atom stereocenters. The number of aryl methyl sites for hydroxylation is 1. The number of hydrogen-bond donors (Lipinski definition) is 0. The first-order valence-electron chi connectivity index (χ1n) is 6.28. The van der Waals surface area contributed by atoms with Crippen molar-refractivity contribution in [2.24, 2.45) is 5.41 Å². The maximum absolute atomic E-state index is 6.06. The Bertz CT molecular complexity index is 404. The van der Waals surface area contributed by atoms with Gasteiger partial charge in [-0.15, -0.1) is 0 Å². The quantitative estimate of drug-likeness (QED) is 0.774. The van der Waals surface area contributed by atoms with Crippen LogP contribution in [-0.4, -0.2) is 23.1 Å². The zero-order valence-electron chi connectivity index (χ0n) is 10.8. The molecule has 1 aliphatic heterocycles. The van der Waals surface area contributed by atoms with Gasteiger partial charge in [-0.2, -0.15) is 0 Å². The van der Waals surface area contributed by atoms with Crippen LogP contribution < -0.4 is 4.90 Å². The summed E-state index contributed by atoms with van der Waals surface area (Å²) in [5, 5.41) is 0.558. The molecule has 4 heteroatoms. The van der Waals surface area contributed by atoms with Gasteiger partial charge in [0, 0.05) is 25.6 Å². The number of hydrogen-bond acceptors (Lipinski definition) is 3. The summed E-state index contributed by atoms with van der Waals surface area (Å²) in [4.78, 5) is 11.2. The molecule has 3 nitrogen and oxygen atoms in total. The van der Waals surface area contributed by atoms with Gasteiger partial charge in [0.1, 0.15) is 16.8 Å². The van der Waals surface area contributed by atoms with Crippen LogP contribution >= 0.6 is 11.6 Å². The molecule has 17 heavy (non-hydrogen) atoms. The largest absolute Gasteiger partial charge is 0.356 e. The second-order valence-electron chi connectivity index (χ2n) is 5.55. The number of nitrogens with zero attached hydrogens (tertiary/aromatic N) is 3. The molecule has 0 amide bonds. The molecule has 94 valence electrons. The molecular weight excluding hydrogens is 234 g/mol. The Morgan fingerprint density at radius 3 is 2.76 bits per heavy atom. The Morgan fingerprint density at radius 1 is 1.41 bits per heavy atom. The molecule has 0 spiro atoms. The molecule has 0 aromatic carbocycles. The van der Waals surface area contributed by atoms with Crippen LogP contribution in [0.2, 0.25) is 5.15 Å². The average Bonchev–Trinajstić information content (AvgIpc) is 2.58. The molecule has 1 aliphatic rings. The van der Waals surface area contributed by atoms with E-state index < -0.39 is 0 Å². The normalized spacial score (nSPS) is 18.7. The van der Waals surface area contributed by atoms with Crippen LogP contribution in [0.1, 0.15) is 39.4 Å². The second-order valence-corrected chi connectivity index (χ2v) is 5.94. The summed E-state index contributed by atoms with van der Waals surface area (Å²) in [5.41, 5.74) is 0.377. The summed E-state index contributed by atoms with van der Waals surface area (Å²) in [6.07, 6.45) is 3.15. The molecule has 0 radical (unpaired) electrons. The van der Waals surface area contributed by atoms with Crippen molar-refractivity contribution in [3.8, 4) is 0 Å². The van der Waals surface area contributed by atoms with Crippen LogP contribution in [0, 0.1) is 5.41 Å². The molecule has 0 saturated carbocycles. The van der Waals surface area contributed by atoms with Crippen LogP contribution in [0.4, 0.5) is 5.82 Å². The van der Waals surface area contributed by atoms with Crippen molar-refractivity contribution in [2.75, 3.05) is 18.0 Å². The van der Waals surface area contributed by atoms with Crippen LogP contribution in [0.15, 0.2) is 6.07 Å². The van der Waals surface area contributed by atoms with Crippen molar-refractivity contribution in [3.63, 3.8) is 0 Å². The van der Waals surface area contributed by atoms with E-state index in [1.807, 2.05) is 6.07 Å². The summed E-state index contributed by atoms with van der Waals surface area (Å²) < 4.78 is 0. The Morgan fingerprint density at radius 2 is 2.18 bits per heavy atom. The van der Waals surface area contributed by atoms with Crippen molar-refractivity contribution in [1.29, 1.82) is 0 Å². The van der Waals surface area contributed by atoms with Crippen LogP contribution in [0.5, 0.6) is 0 Å². The standard InChI is InChI=1S/C13H20ClN3/c1-4-5-11-15-10(14)8-12(16-11)17-7-6-13(2,3)9-17/h8H,4-7,9H2,1-3H3. The fraction of sp³-hybridized carbons (Fsp3) is 0.692. The van der Waals surface area contributed by atoms with Crippen molar-refractivity contribution in [2.45, 2.75) is 40.0 Å². The lowest BCUT2D eigenvalue weighted by Gasteiger charge is -2.21. The van der Waals surface area contributed by atoms with Gasteiger partial charge >= 0.3 is 0 Å². The highest BCUT2D eigenvalue weighted by Crippen LogP contribution is 2.32. The van der Waals surface area contributed by atoms with Crippen molar-refractivity contribution >= 4 is 17.4 Å². The minimum absolute atomic E-state index is 0.377. The van der Waals surface area contributed by atoms with E-state index in [2.05, 4.69) is 35.6 Å². The fourth-order valence-corrected chi connectivity index (χ4v) is 2.45. The first-order valence-corrected chi connectivity index (χ1v) is 6.66. The van der Waals surface area contributed by atoms with E-state index >= 15 is 0 Å². The van der Waals surface area contributed by atoms with Gasteiger partial charge in [-0.05, 0) is 18.3 Å². The molecule has 1 fully saturated rings. The topological polar surface area (TPSA) is 29.0 Å². The van der Waals surface area contributed by atoms with E-state index in [1.54, 1.807) is 0 Å². The molecule has 1 aromatic rings. The van der Waals surface area contributed by atoms with E-state index in [9.17, 15) is 0 Å². The molecule has 0 aliphatic carbocycles. The fourth-order valence-electron chi connectivity index (χ4n) is 2.26. The molecule has 1 saturated heterocycles. The van der Waals surface area contributed by atoms with Crippen molar-refractivity contribution in [3.05, 3.63) is 17.0 Å². The van der Waals surface area contributed by atoms with Crippen LogP contribution in [-0.2, 0) is 6.42 Å². The predicted octanol–water partition coefficient (Wildman–Crippen LogP) is 3.32. The highest BCUT2D eigenvalue weighted by molar-refractivity contribution is 6.29. The lowest BCUT2D eigenvalue weighted by atomic mass is 9.93. The van der Waals surface area contributed by atoms with E-state index in [4.69, 9.17) is 11.6 Å². The van der Waals surface area contributed by atoms with Gasteiger partial charge in [0.15, 0.2) is 0 Å². The maximum atomic E-state index is 6.06. The third kappa shape index (κ3) is 3.09. The Kier molecular flexibility index (Phi) is 3.57. The summed E-state index contributed by atoms with van der Waals surface area (Å²) in [6, 6.07) is 1.88. The van der Waals surface area contributed by atoms with Crippen molar-refractivity contribution in [1.82, 2.24) is 9.97 Å². The number of anilines is 1. The Labute approximate surface area is 108 Å². The molecule has 0 N–H and O–H groups in total. The lowest BCUT2D eigenvalue weighted by Crippen LogP contribution is -2.24.